The Balaban J connectivity index is 2.09. The van der Waals surface area contributed by atoms with Crippen molar-refractivity contribution >= 4 is 33.2 Å². The van der Waals surface area contributed by atoms with Gasteiger partial charge >= 0.3 is 5.97 Å². The van der Waals surface area contributed by atoms with Crippen LogP contribution >= 0.6 is 0 Å². The second kappa shape index (κ2) is 7.98. The topological polar surface area (TPSA) is 82.4 Å². The Bertz CT molecular complexity index is 1130. The van der Waals surface area contributed by atoms with Crippen molar-refractivity contribution in [3.63, 3.8) is 0 Å². The summed E-state index contributed by atoms with van der Waals surface area (Å²) in [6, 6.07) is 11.8. The quantitative estimate of drug-likeness (QED) is 0.450. The Morgan fingerprint density at radius 1 is 1.11 bits per heavy atom. The fourth-order valence-corrected chi connectivity index (χ4v) is 4.58. The molecule has 0 radical (unpaired) electrons. The number of carbonyl (C=O) groups excluding carboxylic acids is 2. The van der Waals surface area contributed by atoms with Gasteiger partial charge in [-0.25, -0.2) is 12.4 Å². The van der Waals surface area contributed by atoms with Crippen LogP contribution < -0.4 is 0 Å². The lowest BCUT2D eigenvalue weighted by Gasteiger charge is -2.11. The number of aryl methyl sites for hydroxylation is 2. The van der Waals surface area contributed by atoms with Crippen molar-refractivity contribution in [1.29, 1.82) is 0 Å². The highest BCUT2D eigenvalue weighted by molar-refractivity contribution is 7.90. The Morgan fingerprint density at radius 3 is 2.46 bits per heavy atom. The van der Waals surface area contributed by atoms with Crippen molar-refractivity contribution in [1.82, 2.24) is 3.97 Å². The van der Waals surface area contributed by atoms with Crippen molar-refractivity contribution in [2.45, 2.75) is 31.1 Å². The maximum absolute atomic E-state index is 13.1. The molecule has 3 aromatic rings. The van der Waals surface area contributed by atoms with Crippen LogP contribution in [0, 0.1) is 6.92 Å². The van der Waals surface area contributed by atoms with E-state index in [0.29, 0.717) is 17.3 Å². The molecule has 0 saturated heterocycles. The van der Waals surface area contributed by atoms with E-state index < -0.39 is 10.0 Å². The number of hydrogen-bond acceptors (Lipinski definition) is 5. The molecule has 0 fully saturated rings. The van der Waals surface area contributed by atoms with Crippen molar-refractivity contribution in [3.05, 3.63) is 65.4 Å². The van der Waals surface area contributed by atoms with Gasteiger partial charge in [0.1, 0.15) is 6.29 Å². The molecule has 0 aliphatic rings. The Morgan fingerprint density at radius 2 is 1.82 bits per heavy atom. The molecular weight excluding hydrogens is 378 g/mol. The van der Waals surface area contributed by atoms with Crippen LogP contribution in [0.3, 0.4) is 0 Å². The first-order valence-corrected chi connectivity index (χ1v) is 10.3. The minimum Gasteiger partial charge on any atom is -0.469 e. The largest absolute Gasteiger partial charge is 0.469 e. The highest BCUT2D eigenvalue weighted by Crippen LogP contribution is 2.28. The number of carbonyl (C=O) groups is 2. The average molecular weight is 399 g/mol. The van der Waals surface area contributed by atoms with Crippen LogP contribution in [0.2, 0.25) is 0 Å². The highest BCUT2D eigenvalue weighted by atomic mass is 32.2. The van der Waals surface area contributed by atoms with Gasteiger partial charge in [-0.05, 0) is 48.7 Å². The number of hydrogen-bond donors (Lipinski definition) is 0. The van der Waals surface area contributed by atoms with Gasteiger partial charge in [0.05, 0.1) is 17.5 Å². The van der Waals surface area contributed by atoms with E-state index in [1.165, 1.54) is 17.3 Å². The first-order valence-electron chi connectivity index (χ1n) is 8.83. The molecule has 3 rings (SSSR count). The number of nitrogens with zero attached hydrogens (tertiary/aromatic N) is 1. The zero-order chi connectivity index (χ0) is 20.3. The summed E-state index contributed by atoms with van der Waals surface area (Å²) < 4.78 is 32.0. The van der Waals surface area contributed by atoms with Crippen LogP contribution in [-0.4, -0.2) is 31.8 Å². The standard InChI is InChI=1S/C21H21NO5S/c1-15-3-7-17(8-4-15)28(25,26)22-13-11-19-18(12-14-23)16(5-9-20(19)22)6-10-21(24)27-2/h3-5,7-9,11,13-14H,6,10,12H2,1-2H3. The molecule has 146 valence electrons. The fourth-order valence-electron chi connectivity index (χ4n) is 3.23. The fraction of sp³-hybridized carbons (Fsp3) is 0.238. The minimum absolute atomic E-state index is 0.141. The summed E-state index contributed by atoms with van der Waals surface area (Å²) in [6.45, 7) is 1.89. The number of rotatable bonds is 7. The monoisotopic (exact) mass is 399 g/mol. The van der Waals surface area contributed by atoms with Gasteiger partial charge in [0.15, 0.2) is 0 Å². The zero-order valence-corrected chi connectivity index (χ0v) is 16.5. The number of ether oxygens (including phenoxy) is 1. The van der Waals surface area contributed by atoms with Crippen LogP contribution in [0.1, 0.15) is 23.1 Å². The second-order valence-electron chi connectivity index (χ2n) is 6.51. The summed E-state index contributed by atoms with van der Waals surface area (Å²) in [6.07, 6.45) is 3.03. The zero-order valence-electron chi connectivity index (χ0n) is 15.7. The molecule has 2 aromatic carbocycles. The van der Waals surface area contributed by atoms with E-state index in [4.69, 9.17) is 0 Å². The summed E-state index contributed by atoms with van der Waals surface area (Å²) in [5.74, 6) is -0.336. The van der Waals surface area contributed by atoms with Gasteiger partial charge in [-0.15, -0.1) is 0 Å². The summed E-state index contributed by atoms with van der Waals surface area (Å²) in [5.41, 5.74) is 3.03. The van der Waals surface area contributed by atoms with Crippen molar-refractivity contribution in [3.8, 4) is 0 Å². The summed E-state index contributed by atoms with van der Waals surface area (Å²) in [5, 5.41) is 0.685. The number of aldehydes is 1. The Labute approximate surface area is 163 Å². The lowest BCUT2D eigenvalue weighted by Crippen LogP contribution is -2.12. The Kier molecular flexibility index (Phi) is 5.65. The normalized spacial score (nSPS) is 11.5. The predicted octanol–water partition coefficient (Wildman–Crippen LogP) is 3.03. The molecular formula is C21H21NO5S. The summed E-state index contributed by atoms with van der Waals surface area (Å²) in [7, 11) is -2.43. The molecule has 0 aliphatic heterocycles. The molecule has 7 heteroatoms. The lowest BCUT2D eigenvalue weighted by molar-refractivity contribution is -0.140. The molecule has 0 bridgehead atoms. The van der Waals surface area contributed by atoms with Gasteiger partial charge in [-0.1, -0.05) is 23.8 Å². The minimum atomic E-state index is -3.76. The molecule has 0 spiro atoms. The third-order valence-corrected chi connectivity index (χ3v) is 6.44. The van der Waals surface area contributed by atoms with Gasteiger partial charge in [0.25, 0.3) is 10.0 Å². The van der Waals surface area contributed by atoms with E-state index in [9.17, 15) is 18.0 Å². The molecule has 0 saturated carbocycles. The van der Waals surface area contributed by atoms with Gasteiger partial charge < -0.3 is 9.53 Å². The molecule has 0 N–H and O–H groups in total. The van der Waals surface area contributed by atoms with Crippen molar-refractivity contribution < 1.29 is 22.7 Å². The first-order chi connectivity index (χ1) is 13.4. The number of esters is 1. The molecule has 0 amide bonds. The maximum atomic E-state index is 13.1. The molecule has 0 atom stereocenters. The van der Waals surface area contributed by atoms with E-state index in [1.54, 1.807) is 42.5 Å². The predicted molar refractivity (Wildman–Crippen MR) is 106 cm³/mol. The van der Waals surface area contributed by atoms with Gasteiger partial charge in [-0.2, -0.15) is 0 Å². The maximum Gasteiger partial charge on any atom is 0.305 e. The van der Waals surface area contributed by atoms with Crippen LogP contribution in [0.4, 0.5) is 0 Å². The molecule has 28 heavy (non-hydrogen) atoms. The third kappa shape index (κ3) is 3.71. The lowest BCUT2D eigenvalue weighted by atomic mass is 9.97. The molecule has 1 heterocycles. The number of benzene rings is 2. The van der Waals surface area contributed by atoms with E-state index >= 15 is 0 Å². The smallest absolute Gasteiger partial charge is 0.305 e. The first kappa shape index (κ1) is 19.8. The number of fused-ring (bicyclic) bond motifs is 1. The number of aromatic nitrogens is 1. The third-order valence-electron chi connectivity index (χ3n) is 4.74. The second-order valence-corrected chi connectivity index (χ2v) is 8.33. The van der Waals surface area contributed by atoms with E-state index in [1.807, 2.05) is 6.92 Å². The van der Waals surface area contributed by atoms with Gasteiger partial charge in [0, 0.05) is 24.4 Å². The average Bonchev–Trinajstić information content (AvgIpc) is 3.12. The molecule has 6 nitrogen and oxygen atoms in total. The van der Waals surface area contributed by atoms with Crippen molar-refractivity contribution in [2.75, 3.05) is 7.11 Å². The SMILES string of the molecule is COC(=O)CCc1ccc2c(ccn2S(=O)(=O)c2ccc(C)cc2)c1CC=O. The summed E-state index contributed by atoms with van der Waals surface area (Å²) >= 11 is 0. The summed E-state index contributed by atoms with van der Waals surface area (Å²) in [4.78, 5) is 22.9. The molecule has 0 unspecified atom stereocenters. The van der Waals surface area contributed by atoms with E-state index in [0.717, 1.165) is 23.0 Å². The van der Waals surface area contributed by atoms with Crippen LogP contribution in [0.15, 0.2) is 53.6 Å². The van der Waals surface area contributed by atoms with Crippen LogP contribution in [0.25, 0.3) is 10.9 Å². The van der Waals surface area contributed by atoms with Gasteiger partial charge in [0.2, 0.25) is 0 Å². The van der Waals surface area contributed by atoms with Crippen LogP contribution in [0.5, 0.6) is 0 Å². The Hall–Kier alpha value is -2.93. The number of methoxy groups -OCH3 is 1. The van der Waals surface area contributed by atoms with Crippen molar-refractivity contribution in [2.24, 2.45) is 0 Å². The van der Waals surface area contributed by atoms with Gasteiger partial charge in [-0.3, -0.25) is 4.79 Å². The van der Waals surface area contributed by atoms with Crippen LogP contribution in [-0.2, 0) is 37.2 Å². The molecule has 1 aromatic heterocycles. The highest BCUT2D eigenvalue weighted by Gasteiger charge is 2.20. The molecule has 0 aliphatic carbocycles. The van der Waals surface area contributed by atoms with E-state index in [-0.39, 0.29) is 23.7 Å². The van der Waals surface area contributed by atoms with E-state index in [2.05, 4.69) is 4.74 Å².